The predicted molar refractivity (Wildman–Crippen MR) is 111 cm³/mol. The first kappa shape index (κ1) is 19.6. The Kier molecular flexibility index (Phi) is 5.37. The first-order valence-corrected chi connectivity index (χ1v) is 10.1. The molecule has 0 bridgehead atoms. The molecule has 0 saturated heterocycles. The lowest BCUT2D eigenvalue weighted by Crippen LogP contribution is -2.38. The molecule has 2 aliphatic heterocycles. The van der Waals surface area contributed by atoms with Crippen LogP contribution in [-0.2, 0) is 16.1 Å². The van der Waals surface area contributed by atoms with Crippen LogP contribution in [-0.4, -0.2) is 36.5 Å². The summed E-state index contributed by atoms with van der Waals surface area (Å²) >= 11 is 6.10. The van der Waals surface area contributed by atoms with Gasteiger partial charge in [-0.1, -0.05) is 30.7 Å². The van der Waals surface area contributed by atoms with E-state index in [2.05, 4.69) is 5.32 Å². The first-order chi connectivity index (χ1) is 14.0. The molecule has 2 atom stereocenters. The van der Waals surface area contributed by atoms with Crippen molar-refractivity contribution >= 4 is 29.1 Å². The summed E-state index contributed by atoms with van der Waals surface area (Å²) < 4.78 is 11.3. The van der Waals surface area contributed by atoms with Crippen LogP contribution in [0.1, 0.15) is 36.8 Å². The van der Waals surface area contributed by atoms with Crippen molar-refractivity contribution in [2.24, 2.45) is 0 Å². The number of benzene rings is 2. The third-order valence-corrected chi connectivity index (χ3v) is 5.74. The Morgan fingerprint density at radius 3 is 2.90 bits per heavy atom. The van der Waals surface area contributed by atoms with Crippen LogP contribution in [0.25, 0.3) is 0 Å². The molecule has 0 unspecified atom stereocenters. The zero-order valence-corrected chi connectivity index (χ0v) is 17.2. The summed E-state index contributed by atoms with van der Waals surface area (Å²) in [6, 6.07) is 10.9. The highest BCUT2D eigenvalue weighted by molar-refractivity contribution is 6.30. The lowest BCUT2D eigenvalue weighted by Gasteiger charge is -2.24. The van der Waals surface area contributed by atoms with E-state index in [1.807, 2.05) is 25.1 Å². The predicted octanol–water partition coefficient (Wildman–Crippen LogP) is 3.97. The van der Waals surface area contributed by atoms with Gasteiger partial charge in [0.1, 0.15) is 17.6 Å². The number of ether oxygens (including phenoxy) is 2. The summed E-state index contributed by atoms with van der Waals surface area (Å²) in [5.74, 6) is 0.653. The van der Waals surface area contributed by atoms with Gasteiger partial charge < -0.3 is 19.7 Å². The number of methoxy groups -OCH3 is 1. The molecule has 7 heteroatoms. The second-order valence-electron chi connectivity index (χ2n) is 7.37. The maximum Gasteiger partial charge on any atom is 0.232 e. The smallest absolute Gasteiger partial charge is 0.232 e. The molecule has 2 aromatic carbocycles. The van der Waals surface area contributed by atoms with Crippen LogP contribution in [0.5, 0.6) is 11.5 Å². The van der Waals surface area contributed by atoms with Gasteiger partial charge >= 0.3 is 0 Å². The van der Waals surface area contributed by atoms with Crippen LogP contribution < -0.4 is 14.8 Å². The number of fused-ring (bicyclic) bond motifs is 2. The molecule has 0 aromatic heterocycles. The topological polar surface area (TPSA) is 67.9 Å². The van der Waals surface area contributed by atoms with Gasteiger partial charge in [-0.15, -0.1) is 0 Å². The molecule has 2 heterocycles. The van der Waals surface area contributed by atoms with E-state index >= 15 is 0 Å². The van der Waals surface area contributed by atoms with Gasteiger partial charge in [-0.3, -0.25) is 9.59 Å². The van der Waals surface area contributed by atoms with Crippen molar-refractivity contribution in [2.45, 2.75) is 38.3 Å². The van der Waals surface area contributed by atoms with Gasteiger partial charge in [-0.05, 0) is 30.2 Å². The van der Waals surface area contributed by atoms with E-state index in [0.29, 0.717) is 29.5 Å². The van der Waals surface area contributed by atoms with E-state index in [9.17, 15) is 9.59 Å². The fourth-order valence-electron chi connectivity index (χ4n) is 3.85. The van der Waals surface area contributed by atoms with Crippen LogP contribution in [0, 0.1) is 0 Å². The van der Waals surface area contributed by atoms with Gasteiger partial charge in [0.05, 0.1) is 19.6 Å². The molecule has 2 amide bonds. The van der Waals surface area contributed by atoms with Gasteiger partial charge in [0, 0.05) is 35.3 Å². The molecule has 1 N–H and O–H groups in total. The monoisotopic (exact) mass is 414 g/mol. The largest absolute Gasteiger partial charge is 0.497 e. The minimum absolute atomic E-state index is 0.0707. The van der Waals surface area contributed by atoms with E-state index in [4.69, 9.17) is 21.1 Å². The van der Waals surface area contributed by atoms with Gasteiger partial charge in [-0.2, -0.15) is 0 Å². The summed E-state index contributed by atoms with van der Waals surface area (Å²) in [7, 11) is 1.58. The van der Waals surface area contributed by atoms with Crippen molar-refractivity contribution in [3.63, 3.8) is 0 Å². The standard InChI is InChI=1S/C22H23ClN2O4/c1-3-15-12-25(11-13-4-5-14(23)8-20(13)29-15)21(26)10-18-17-7-6-16(28-2)9-19(17)24-22(18)27/h4-9,15,18H,3,10-12H2,1-2H3,(H,24,27)/t15-,18+/m1/s1. The van der Waals surface area contributed by atoms with Crippen molar-refractivity contribution in [1.29, 1.82) is 0 Å². The maximum atomic E-state index is 13.2. The molecule has 0 spiro atoms. The average Bonchev–Trinajstić information content (AvgIpc) is 2.90. The average molecular weight is 415 g/mol. The number of nitrogens with one attached hydrogen (secondary N) is 1. The van der Waals surface area contributed by atoms with Crippen molar-refractivity contribution in [3.05, 3.63) is 52.5 Å². The molecule has 2 aromatic rings. The highest BCUT2D eigenvalue weighted by Gasteiger charge is 2.35. The fourth-order valence-corrected chi connectivity index (χ4v) is 4.01. The number of rotatable bonds is 4. The zero-order chi connectivity index (χ0) is 20.5. The molecule has 152 valence electrons. The minimum atomic E-state index is -0.502. The number of amides is 2. The van der Waals surface area contributed by atoms with E-state index in [0.717, 1.165) is 23.3 Å². The Hall–Kier alpha value is -2.73. The van der Waals surface area contributed by atoms with Crippen LogP contribution in [0.2, 0.25) is 5.02 Å². The summed E-state index contributed by atoms with van der Waals surface area (Å²) in [6.45, 7) is 2.94. The Morgan fingerprint density at radius 1 is 1.31 bits per heavy atom. The Morgan fingerprint density at radius 2 is 2.14 bits per heavy atom. The number of hydrogen-bond acceptors (Lipinski definition) is 4. The molecule has 29 heavy (non-hydrogen) atoms. The summed E-state index contributed by atoms with van der Waals surface area (Å²) in [5, 5.41) is 3.46. The first-order valence-electron chi connectivity index (χ1n) is 9.70. The number of nitrogens with zero attached hydrogens (tertiary/aromatic N) is 1. The van der Waals surface area contributed by atoms with Crippen LogP contribution in [0.3, 0.4) is 0 Å². The number of carbonyl (C=O) groups excluding carboxylic acids is 2. The lowest BCUT2D eigenvalue weighted by atomic mass is 9.96. The Labute approximate surface area is 174 Å². The molecule has 0 saturated carbocycles. The van der Waals surface area contributed by atoms with Gasteiger partial charge in [-0.25, -0.2) is 0 Å². The van der Waals surface area contributed by atoms with Crippen molar-refractivity contribution < 1.29 is 19.1 Å². The van der Waals surface area contributed by atoms with E-state index in [1.54, 1.807) is 30.2 Å². The summed E-state index contributed by atoms with van der Waals surface area (Å²) in [4.78, 5) is 27.5. The second-order valence-corrected chi connectivity index (χ2v) is 7.81. The summed E-state index contributed by atoms with van der Waals surface area (Å²) in [6.07, 6.45) is 0.764. The highest BCUT2D eigenvalue weighted by Crippen LogP contribution is 2.38. The SMILES string of the molecule is CC[C@@H]1CN(C(=O)C[C@@H]2C(=O)Nc3cc(OC)ccc32)Cc2ccc(Cl)cc2O1. The minimum Gasteiger partial charge on any atom is -0.497 e. The Bertz CT molecular complexity index is 962. The van der Waals surface area contributed by atoms with E-state index in [1.165, 1.54) is 0 Å². The van der Waals surface area contributed by atoms with Gasteiger partial charge in [0.2, 0.25) is 11.8 Å². The molecule has 4 rings (SSSR count). The number of anilines is 1. The van der Waals surface area contributed by atoms with E-state index < -0.39 is 5.92 Å². The van der Waals surface area contributed by atoms with Crippen LogP contribution in [0.4, 0.5) is 5.69 Å². The zero-order valence-electron chi connectivity index (χ0n) is 16.4. The molecular formula is C22H23ClN2O4. The fraction of sp³-hybridized carbons (Fsp3) is 0.364. The molecule has 0 aliphatic carbocycles. The summed E-state index contributed by atoms with van der Waals surface area (Å²) in [5.41, 5.74) is 2.45. The molecule has 6 nitrogen and oxygen atoms in total. The third-order valence-electron chi connectivity index (χ3n) is 5.51. The normalized spacial score (nSPS) is 20.2. The van der Waals surface area contributed by atoms with Crippen molar-refractivity contribution in [3.8, 4) is 11.5 Å². The molecular weight excluding hydrogens is 392 g/mol. The number of hydrogen-bond donors (Lipinski definition) is 1. The second kappa shape index (κ2) is 7.95. The maximum absolute atomic E-state index is 13.2. The van der Waals surface area contributed by atoms with Crippen molar-refractivity contribution in [2.75, 3.05) is 19.0 Å². The number of carbonyl (C=O) groups is 2. The molecule has 0 fully saturated rings. The quantitative estimate of drug-likeness (QED) is 0.821. The number of halogens is 1. The van der Waals surface area contributed by atoms with E-state index in [-0.39, 0.29) is 24.3 Å². The van der Waals surface area contributed by atoms with Crippen molar-refractivity contribution in [1.82, 2.24) is 4.90 Å². The Balaban J connectivity index is 1.55. The van der Waals surface area contributed by atoms with Gasteiger partial charge in [0.25, 0.3) is 0 Å². The lowest BCUT2D eigenvalue weighted by molar-refractivity contribution is -0.134. The highest BCUT2D eigenvalue weighted by atomic mass is 35.5. The van der Waals surface area contributed by atoms with Crippen LogP contribution in [0.15, 0.2) is 36.4 Å². The molecule has 0 radical (unpaired) electrons. The third kappa shape index (κ3) is 3.90. The van der Waals surface area contributed by atoms with Gasteiger partial charge in [0.15, 0.2) is 0 Å². The molecule has 2 aliphatic rings. The van der Waals surface area contributed by atoms with Crippen LogP contribution >= 0.6 is 11.6 Å².